The largest absolute Gasteiger partial charge is 0.126 e. The highest BCUT2D eigenvalue weighted by atomic mass is 35.5. The fraction of sp³-hybridized carbons (Fsp3) is 0.333. The van der Waals surface area contributed by atoms with Gasteiger partial charge in [0.05, 0.1) is 5.25 Å². The Balaban J connectivity index is 2.34. The third-order valence-electron chi connectivity index (χ3n) is 1.43. The van der Waals surface area contributed by atoms with Crippen LogP contribution in [-0.2, 0) is 0 Å². The molecule has 2 atom stereocenters. The molecular formula is C6H4Cl2S. The van der Waals surface area contributed by atoms with Gasteiger partial charge in [-0.25, -0.2) is 0 Å². The summed E-state index contributed by atoms with van der Waals surface area (Å²) >= 11 is 13.5. The molecule has 9 heavy (non-hydrogen) atoms. The summed E-state index contributed by atoms with van der Waals surface area (Å²) in [7, 11) is 0. The molecule has 0 aromatic carbocycles. The molecule has 0 spiro atoms. The van der Waals surface area contributed by atoms with Crippen LogP contribution >= 0.6 is 35.0 Å². The first-order valence-corrected chi connectivity index (χ1v) is 4.27. The Hall–Kier alpha value is 0.410. The average molecular weight is 179 g/mol. The standard InChI is InChI=1S/C6H4Cl2S/c7-4-2-1-3-6(8)5(4)9-6/h1-3,5H. The predicted molar refractivity (Wildman–Crippen MR) is 43.0 cm³/mol. The van der Waals surface area contributed by atoms with E-state index in [-0.39, 0.29) is 4.21 Å². The van der Waals surface area contributed by atoms with Crippen LogP contribution in [0.1, 0.15) is 0 Å². The number of hydrogen-bond acceptors (Lipinski definition) is 1. The second-order valence-corrected chi connectivity index (χ2v) is 4.77. The van der Waals surface area contributed by atoms with E-state index < -0.39 is 0 Å². The van der Waals surface area contributed by atoms with Crippen molar-refractivity contribution in [2.45, 2.75) is 9.46 Å². The van der Waals surface area contributed by atoms with Crippen LogP contribution in [0.15, 0.2) is 23.3 Å². The van der Waals surface area contributed by atoms with Gasteiger partial charge in [-0.2, -0.15) is 0 Å². The van der Waals surface area contributed by atoms with Crippen molar-refractivity contribution in [3.05, 3.63) is 23.3 Å². The van der Waals surface area contributed by atoms with Crippen LogP contribution in [0.5, 0.6) is 0 Å². The van der Waals surface area contributed by atoms with Crippen LogP contribution in [0.3, 0.4) is 0 Å². The maximum atomic E-state index is 5.99. The van der Waals surface area contributed by atoms with Crippen molar-refractivity contribution in [1.29, 1.82) is 0 Å². The highest BCUT2D eigenvalue weighted by molar-refractivity contribution is 8.10. The van der Waals surface area contributed by atoms with Gasteiger partial charge < -0.3 is 0 Å². The summed E-state index contributed by atoms with van der Waals surface area (Å²) < 4.78 is -0.175. The van der Waals surface area contributed by atoms with Crippen molar-refractivity contribution in [2.24, 2.45) is 0 Å². The quantitative estimate of drug-likeness (QED) is 0.407. The zero-order valence-corrected chi connectivity index (χ0v) is 6.80. The Bertz CT molecular complexity index is 209. The maximum absolute atomic E-state index is 5.99. The third-order valence-corrected chi connectivity index (χ3v) is 3.98. The molecule has 0 amide bonds. The molecule has 0 saturated carbocycles. The molecule has 0 aromatic heterocycles. The van der Waals surface area contributed by atoms with E-state index in [0.29, 0.717) is 5.25 Å². The molecule has 0 radical (unpaired) electrons. The van der Waals surface area contributed by atoms with Crippen molar-refractivity contribution in [1.82, 2.24) is 0 Å². The molecule has 0 N–H and O–H groups in total. The molecule has 2 unspecified atom stereocenters. The van der Waals surface area contributed by atoms with E-state index in [1.807, 2.05) is 18.2 Å². The Morgan fingerprint density at radius 3 is 3.00 bits per heavy atom. The minimum atomic E-state index is -0.175. The molecule has 1 saturated heterocycles. The van der Waals surface area contributed by atoms with Gasteiger partial charge in [0.1, 0.15) is 4.21 Å². The fourth-order valence-corrected chi connectivity index (χ4v) is 2.68. The first-order valence-electron chi connectivity index (χ1n) is 2.64. The molecule has 1 heterocycles. The van der Waals surface area contributed by atoms with E-state index in [1.54, 1.807) is 11.8 Å². The highest BCUT2D eigenvalue weighted by Gasteiger charge is 2.55. The molecule has 2 aliphatic rings. The monoisotopic (exact) mass is 178 g/mol. The van der Waals surface area contributed by atoms with E-state index in [2.05, 4.69) is 0 Å². The molecule has 1 aliphatic carbocycles. The second kappa shape index (κ2) is 1.71. The molecule has 3 heteroatoms. The van der Waals surface area contributed by atoms with Gasteiger partial charge in [-0.1, -0.05) is 23.8 Å². The predicted octanol–water partition coefficient (Wildman–Crippen LogP) is 2.73. The van der Waals surface area contributed by atoms with E-state index >= 15 is 0 Å². The van der Waals surface area contributed by atoms with Crippen LogP contribution in [0.25, 0.3) is 0 Å². The zero-order valence-electron chi connectivity index (χ0n) is 4.47. The molecule has 0 aromatic rings. The highest BCUT2D eigenvalue weighted by Crippen LogP contribution is 2.63. The Kier molecular flexibility index (Phi) is 1.17. The molecular weight excluding hydrogens is 175 g/mol. The van der Waals surface area contributed by atoms with Crippen LogP contribution in [-0.4, -0.2) is 9.46 Å². The molecule has 0 bridgehead atoms. The van der Waals surface area contributed by atoms with Crippen molar-refractivity contribution >= 4 is 35.0 Å². The Morgan fingerprint density at radius 2 is 2.44 bits per heavy atom. The summed E-state index contributed by atoms with van der Waals surface area (Å²) in [5, 5.41) is 1.21. The lowest BCUT2D eigenvalue weighted by Gasteiger charge is -2.01. The smallest absolute Gasteiger partial charge is 0.121 e. The van der Waals surface area contributed by atoms with Crippen molar-refractivity contribution in [3.8, 4) is 0 Å². The lowest BCUT2D eigenvalue weighted by molar-refractivity contribution is 1.11. The summed E-state index contributed by atoms with van der Waals surface area (Å²) in [6.45, 7) is 0. The Morgan fingerprint density at radius 1 is 1.67 bits per heavy atom. The topological polar surface area (TPSA) is 0 Å². The second-order valence-electron chi connectivity index (χ2n) is 2.11. The zero-order chi connectivity index (χ0) is 6.48. The Labute approximate surface area is 67.9 Å². The van der Waals surface area contributed by atoms with Gasteiger partial charge in [-0.05, 0) is 6.08 Å². The first kappa shape index (κ1) is 6.14. The van der Waals surface area contributed by atoms with E-state index in [4.69, 9.17) is 23.2 Å². The third kappa shape index (κ3) is 0.830. The average Bonchev–Trinajstić information content (AvgIpc) is 2.43. The summed E-state index contributed by atoms with van der Waals surface area (Å²) in [5.74, 6) is 0. The van der Waals surface area contributed by atoms with Crippen molar-refractivity contribution in [2.75, 3.05) is 0 Å². The number of allylic oxidation sites excluding steroid dienone is 2. The van der Waals surface area contributed by atoms with Crippen LogP contribution in [0.2, 0.25) is 0 Å². The molecule has 1 fully saturated rings. The SMILES string of the molecule is ClC1=CC=CC2(Cl)SC12. The summed E-state index contributed by atoms with van der Waals surface area (Å²) in [6.07, 6.45) is 5.79. The number of fused-ring (bicyclic) bond motifs is 1. The van der Waals surface area contributed by atoms with E-state index in [1.165, 1.54) is 0 Å². The number of rotatable bonds is 0. The van der Waals surface area contributed by atoms with E-state index in [0.717, 1.165) is 5.03 Å². The molecule has 0 nitrogen and oxygen atoms in total. The number of alkyl halides is 1. The van der Waals surface area contributed by atoms with Crippen LogP contribution in [0, 0.1) is 0 Å². The minimum absolute atomic E-state index is 0.175. The molecule has 1 aliphatic heterocycles. The van der Waals surface area contributed by atoms with Crippen LogP contribution in [0.4, 0.5) is 0 Å². The maximum Gasteiger partial charge on any atom is 0.126 e. The van der Waals surface area contributed by atoms with E-state index in [9.17, 15) is 0 Å². The van der Waals surface area contributed by atoms with Gasteiger partial charge in [0.15, 0.2) is 0 Å². The summed E-state index contributed by atoms with van der Waals surface area (Å²) in [4.78, 5) is 0. The van der Waals surface area contributed by atoms with Gasteiger partial charge in [0.25, 0.3) is 0 Å². The minimum Gasteiger partial charge on any atom is -0.121 e. The number of halogens is 2. The normalized spacial score (nSPS) is 46.0. The molecule has 48 valence electrons. The van der Waals surface area contributed by atoms with Gasteiger partial charge in [-0.3, -0.25) is 0 Å². The molecule has 2 rings (SSSR count). The number of thioether (sulfide) groups is 1. The fourth-order valence-electron chi connectivity index (χ4n) is 0.876. The van der Waals surface area contributed by atoms with Crippen LogP contribution < -0.4 is 0 Å². The van der Waals surface area contributed by atoms with Crippen molar-refractivity contribution in [3.63, 3.8) is 0 Å². The van der Waals surface area contributed by atoms with Gasteiger partial charge in [0.2, 0.25) is 0 Å². The first-order chi connectivity index (χ1) is 4.22. The van der Waals surface area contributed by atoms with Gasteiger partial charge in [0, 0.05) is 5.03 Å². The number of hydrogen-bond donors (Lipinski definition) is 0. The lowest BCUT2D eigenvalue weighted by Crippen LogP contribution is -2.04. The lowest BCUT2D eigenvalue weighted by atomic mass is 10.2. The summed E-state index contributed by atoms with van der Waals surface area (Å²) in [5.41, 5.74) is 0. The summed E-state index contributed by atoms with van der Waals surface area (Å²) in [6, 6.07) is 0. The van der Waals surface area contributed by atoms with Crippen molar-refractivity contribution < 1.29 is 0 Å². The van der Waals surface area contributed by atoms with Gasteiger partial charge >= 0.3 is 0 Å². The van der Waals surface area contributed by atoms with Gasteiger partial charge in [-0.15, -0.1) is 23.4 Å².